The lowest BCUT2D eigenvalue weighted by atomic mass is 10.3. The molecule has 20 heavy (non-hydrogen) atoms. The summed E-state index contributed by atoms with van der Waals surface area (Å²) in [6.07, 6.45) is 3.05. The van der Waals surface area contributed by atoms with Gasteiger partial charge in [-0.2, -0.15) is 5.10 Å². The maximum atomic E-state index is 12.0. The van der Waals surface area contributed by atoms with E-state index in [0.29, 0.717) is 12.3 Å². The lowest BCUT2D eigenvalue weighted by molar-refractivity contribution is 0.0694. The summed E-state index contributed by atoms with van der Waals surface area (Å²) in [5.41, 5.74) is 1.28. The van der Waals surface area contributed by atoms with Gasteiger partial charge in [0.05, 0.1) is 12.3 Å². The zero-order valence-electron chi connectivity index (χ0n) is 11.8. The van der Waals surface area contributed by atoms with Gasteiger partial charge >= 0.3 is 0 Å². The average molecular weight is 278 g/mol. The normalized spacial score (nSPS) is 12.4. The Bertz CT molecular complexity index is 588. The van der Waals surface area contributed by atoms with Gasteiger partial charge in [-0.1, -0.05) is 5.16 Å². The SMILES string of the molecule is Cc1cnn(Cc2cc(C(=O)N(C)CC(C)O)no2)c1. The Kier molecular flexibility index (Phi) is 4.19. The van der Waals surface area contributed by atoms with Crippen LogP contribution in [0.5, 0.6) is 0 Å². The third-order valence-electron chi connectivity index (χ3n) is 2.74. The molecule has 0 aliphatic heterocycles. The topological polar surface area (TPSA) is 84.4 Å². The molecule has 0 saturated heterocycles. The van der Waals surface area contributed by atoms with Crippen molar-refractivity contribution in [1.29, 1.82) is 0 Å². The Balaban J connectivity index is 2.03. The Morgan fingerprint density at radius 2 is 2.35 bits per heavy atom. The van der Waals surface area contributed by atoms with Crippen LogP contribution in [-0.4, -0.2) is 50.5 Å². The molecule has 1 amide bonds. The third-order valence-corrected chi connectivity index (χ3v) is 2.74. The molecule has 7 heteroatoms. The summed E-state index contributed by atoms with van der Waals surface area (Å²) in [5.74, 6) is 0.277. The van der Waals surface area contributed by atoms with E-state index in [1.54, 1.807) is 30.9 Å². The van der Waals surface area contributed by atoms with Crippen LogP contribution in [-0.2, 0) is 6.54 Å². The van der Waals surface area contributed by atoms with E-state index in [0.717, 1.165) is 5.56 Å². The molecule has 2 aromatic rings. The Hall–Kier alpha value is -2.15. The molecule has 7 nitrogen and oxygen atoms in total. The van der Waals surface area contributed by atoms with E-state index >= 15 is 0 Å². The summed E-state index contributed by atoms with van der Waals surface area (Å²) in [6, 6.07) is 1.60. The second-order valence-electron chi connectivity index (χ2n) is 4.93. The molecule has 0 fully saturated rings. The van der Waals surface area contributed by atoms with Crippen molar-refractivity contribution < 1.29 is 14.4 Å². The summed E-state index contributed by atoms with van der Waals surface area (Å²) in [5, 5.41) is 17.2. The number of hydrogen-bond acceptors (Lipinski definition) is 5. The molecule has 2 heterocycles. The average Bonchev–Trinajstić information content (AvgIpc) is 2.97. The van der Waals surface area contributed by atoms with Crippen LogP contribution in [0, 0.1) is 6.92 Å². The zero-order valence-corrected chi connectivity index (χ0v) is 11.8. The number of carbonyl (C=O) groups excluding carboxylic acids is 1. The van der Waals surface area contributed by atoms with Gasteiger partial charge in [0.15, 0.2) is 11.5 Å². The molecule has 2 aromatic heterocycles. The van der Waals surface area contributed by atoms with Gasteiger partial charge in [0.2, 0.25) is 0 Å². The van der Waals surface area contributed by atoms with E-state index < -0.39 is 6.10 Å². The van der Waals surface area contributed by atoms with Gasteiger partial charge in [0.25, 0.3) is 5.91 Å². The highest BCUT2D eigenvalue weighted by molar-refractivity contribution is 5.92. The van der Waals surface area contributed by atoms with Gasteiger partial charge in [0.1, 0.15) is 6.54 Å². The number of hydrogen-bond donors (Lipinski definition) is 1. The monoisotopic (exact) mass is 278 g/mol. The first-order chi connectivity index (χ1) is 9.45. The van der Waals surface area contributed by atoms with Crippen molar-refractivity contribution in [2.45, 2.75) is 26.5 Å². The molecule has 2 rings (SSSR count). The largest absolute Gasteiger partial charge is 0.392 e. The standard InChI is InChI=1S/C13H18N4O3/c1-9-5-14-17(6-9)8-11-4-12(15-20-11)13(19)16(3)7-10(2)18/h4-6,10,18H,7-8H2,1-3H3. The molecule has 108 valence electrons. The number of nitrogens with zero attached hydrogens (tertiary/aromatic N) is 4. The first kappa shape index (κ1) is 14.3. The molecular formula is C13H18N4O3. The van der Waals surface area contributed by atoms with Crippen molar-refractivity contribution in [2.75, 3.05) is 13.6 Å². The Morgan fingerprint density at radius 1 is 1.60 bits per heavy atom. The summed E-state index contributed by atoms with van der Waals surface area (Å²) in [7, 11) is 1.61. The van der Waals surface area contributed by atoms with E-state index in [-0.39, 0.29) is 18.1 Å². The van der Waals surface area contributed by atoms with Crippen LogP contribution >= 0.6 is 0 Å². The lowest BCUT2D eigenvalue weighted by Gasteiger charge is -2.16. The molecule has 1 atom stereocenters. The van der Waals surface area contributed by atoms with Crippen LogP contribution in [0.25, 0.3) is 0 Å². The predicted octanol–water partition coefficient (Wildman–Crippen LogP) is 0.681. The quantitative estimate of drug-likeness (QED) is 0.869. The number of rotatable bonds is 5. The maximum absolute atomic E-state index is 12.0. The predicted molar refractivity (Wildman–Crippen MR) is 71.2 cm³/mol. The van der Waals surface area contributed by atoms with Gasteiger partial charge in [-0.15, -0.1) is 0 Å². The number of carbonyl (C=O) groups is 1. The lowest BCUT2D eigenvalue weighted by Crippen LogP contribution is -2.33. The molecule has 0 aliphatic carbocycles. The van der Waals surface area contributed by atoms with E-state index in [4.69, 9.17) is 4.52 Å². The van der Waals surface area contributed by atoms with E-state index in [1.807, 2.05) is 13.1 Å². The summed E-state index contributed by atoms with van der Waals surface area (Å²) >= 11 is 0. The van der Waals surface area contributed by atoms with E-state index in [2.05, 4.69) is 10.3 Å². The Labute approximate surface area is 116 Å². The molecule has 1 N–H and O–H groups in total. The van der Waals surface area contributed by atoms with Gasteiger partial charge in [-0.3, -0.25) is 9.48 Å². The highest BCUT2D eigenvalue weighted by atomic mass is 16.5. The number of amides is 1. The highest BCUT2D eigenvalue weighted by Crippen LogP contribution is 2.08. The fraction of sp³-hybridized carbons (Fsp3) is 0.462. The minimum absolute atomic E-state index is 0.229. The fourth-order valence-electron chi connectivity index (χ4n) is 1.88. The van der Waals surface area contributed by atoms with Crippen LogP contribution in [0.1, 0.15) is 28.7 Å². The maximum Gasteiger partial charge on any atom is 0.275 e. The minimum Gasteiger partial charge on any atom is -0.392 e. The molecule has 0 spiro atoms. The van der Waals surface area contributed by atoms with Crippen LogP contribution in [0.2, 0.25) is 0 Å². The number of aromatic nitrogens is 3. The number of aliphatic hydroxyl groups excluding tert-OH is 1. The minimum atomic E-state index is -0.581. The summed E-state index contributed by atoms with van der Waals surface area (Å²) in [4.78, 5) is 13.4. The smallest absolute Gasteiger partial charge is 0.275 e. The van der Waals surface area contributed by atoms with Crippen LogP contribution in [0.3, 0.4) is 0 Å². The summed E-state index contributed by atoms with van der Waals surface area (Å²) < 4.78 is 6.85. The molecule has 0 aliphatic rings. The second-order valence-corrected chi connectivity index (χ2v) is 4.93. The van der Waals surface area contributed by atoms with Crippen molar-refractivity contribution in [1.82, 2.24) is 19.8 Å². The van der Waals surface area contributed by atoms with Crippen molar-refractivity contribution in [2.24, 2.45) is 0 Å². The fourth-order valence-corrected chi connectivity index (χ4v) is 1.88. The molecule has 0 bridgehead atoms. The number of aryl methyl sites for hydroxylation is 1. The molecule has 0 aromatic carbocycles. The molecule has 1 unspecified atom stereocenters. The zero-order chi connectivity index (χ0) is 14.7. The van der Waals surface area contributed by atoms with Gasteiger partial charge in [-0.05, 0) is 19.4 Å². The van der Waals surface area contributed by atoms with E-state index in [9.17, 15) is 9.90 Å². The molecular weight excluding hydrogens is 260 g/mol. The van der Waals surface area contributed by atoms with Gasteiger partial charge in [0, 0.05) is 25.9 Å². The van der Waals surface area contributed by atoms with Crippen LogP contribution in [0.15, 0.2) is 23.0 Å². The first-order valence-electron chi connectivity index (χ1n) is 6.34. The number of likely N-dealkylation sites (N-methyl/N-ethyl adjacent to an activating group) is 1. The molecule has 0 saturated carbocycles. The highest BCUT2D eigenvalue weighted by Gasteiger charge is 2.18. The van der Waals surface area contributed by atoms with E-state index in [1.165, 1.54) is 4.90 Å². The van der Waals surface area contributed by atoms with Crippen molar-refractivity contribution in [3.63, 3.8) is 0 Å². The van der Waals surface area contributed by atoms with Crippen LogP contribution < -0.4 is 0 Å². The first-order valence-corrected chi connectivity index (χ1v) is 6.34. The van der Waals surface area contributed by atoms with Crippen molar-refractivity contribution in [3.8, 4) is 0 Å². The van der Waals surface area contributed by atoms with Gasteiger partial charge < -0.3 is 14.5 Å². The van der Waals surface area contributed by atoms with Crippen LogP contribution in [0.4, 0.5) is 0 Å². The second kappa shape index (κ2) is 5.87. The Morgan fingerprint density at radius 3 is 2.95 bits per heavy atom. The van der Waals surface area contributed by atoms with Crippen molar-refractivity contribution >= 4 is 5.91 Å². The summed E-state index contributed by atoms with van der Waals surface area (Å²) in [6.45, 7) is 4.25. The number of aliphatic hydroxyl groups is 1. The van der Waals surface area contributed by atoms with Gasteiger partial charge in [-0.25, -0.2) is 0 Å². The molecule has 0 radical (unpaired) electrons. The third kappa shape index (κ3) is 3.45. The van der Waals surface area contributed by atoms with Crippen molar-refractivity contribution in [3.05, 3.63) is 35.5 Å².